The Morgan fingerprint density at radius 2 is 2.53 bits per heavy atom. The number of carbonyl (C=O) groups excluding carboxylic acids is 1. The largest absolute Gasteiger partial charge is 0.464 e. The van der Waals surface area contributed by atoms with Crippen LogP contribution >= 0.6 is 0 Å². The highest BCUT2D eigenvalue weighted by Crippen LogP contribution is 1.95. The highest BCUT2D eigenvalue weighted by molar-refractivity contribution is 5.69. The van der Waals surface area contributed by atoms with E-state index in [9.17, 15) is 4.79 Å². The summed E-state index contributed by atoms with van der Waals surface area (Å²) in [7, 11) is 0. The molecule has 0 radical (unpaired) electrons. The molecule has 0 aliphatic heterocycles. The van der Waals surface area contributed by atoms with Gasteiger partial charge in [-0.15, -0.1) is 10.2 Å². The van der Waals surface area contributed by atoms with Gasteiger partial charge in [-0.1, -0.05) is 13.3 Å². The number of nitriles is 1. The standard InChI is InChI=1S/C9H12N4O2/c1-2-3-4-15-9(14)6-13-7-11-12-8(13)5-10/h7H,2-4,6H2,1H3. The lowest BCUT2D eigenvalue weighted by Crippen LogP contribution is -2.14. The van der Waals surface area contributed by atoms with Gasteiger partial charge in [0.25, 0.3) is 0 Å². The van der Waals surface area contributed by atoms with E-state index in [4.69, 9.17) is 10.00 Å². The van der Waals surface area contributed by atoms with Gasteiger partial charge in [0, 0.05) is 0 Å². The lowest BCUT2D eigenvalue weighted by molar-refractivity contribution is -0.144. The molecule has 1 aromatic rings. The van der Waals surface area contributed by atoms with Crippen molar-refractivity contribution in [3.63, 3.8) is 0 Å². The van der Waals surface area contributed by atoms with Crippen LogP contribution in [0.5, 0.6) is 0 Å². The summed E-state index contributed by atoms with van der Waals surface area (Å²) in [6, 6.07) is 1.83. The molecule has 0 N–H and O–H groups in total. The van der Waals surface area contributed by atoms with Gasteiger partial charge < -0.3 is 4.74 Å². The molecule has 6 heteroatoms. The van der Waals surface area contributed by atoms with E-state index in [2.05, 4.69) is 10.2 Å². The van der Waals surface area contributed by atoms with Crippen LogP contribution in [0.3, 0.4) is 0 Å². The first-order valence-corrected chi connectivity index (χ1v) is 4.71. The van der Waals surface area contributed by atoms with Crippen molar-refractivity contribution < 1.29 is 9.53 Å². The molecule has 1 aromatic heterocycles. The van der Waals surface area contributed by atoms with Gasteiger partial charge in [0.1, 0.15) is 18.9 Å². The van der Waals surface area contributed by atoms with Gasteiger partial charge in [-0.2, -0.15) is 5.26 Å². The maximum absolute atomic E-state index is 11.2. The van der Waals surface area contributed by atoms with Crippen LogP contribution in [0.25, 0.3) is 0 Å². The first-order valence-electron chi connectivity index (χ1n) is 4.71. The number of hydrogen-bond donors (Lipinski definition) is 0. The normalized spacial score (nSPS) is 9.60. The number of hydrogen-bond acceptors (Lipinski definition) is 5. The topological polar surface area (TPSA) is 80.8 Å². The van der Waals surface area contributed by atoms with Crippen molar-refractivity contribution in [2.24, 2.45) is 0 Å². The Bertz CT molecular complexity index is 366. The minimum Gasteiger partial charge on any atom is -0.464 e. The van der Waals surface area contributed by atoms with Crippen LogP contribution in [-0.2, 0) is 16.1 Å². The minimum atomic E-state index is -0.375. The SMILES string of the molecule is CCCCOC(=O)Cn1cnnc1C#N. The molecule has 0 aliphatic rings. The highest BCUT2D eigenvalue weighted by Gasteiger charge is 2.08. The summed E-state index contributed by atoms with van der Waals surface area (Å²) < 4.78 is 6.29. The average molecular weight is 208 g/mol. The number of nitrogens with zero attached hydrogens (tertiary/aromatic N) is 4. The Morgan fingerprint density at radius 1 is 1.73 bits per heavy atom. The third kappa shape index (κ3) is 3.38. The second-order valence-electron chi connectivity index (χ2n) is 2.97. The van der Waals surface area contributed by atoms with Crippen LogP contribution in [0.1, 0.15) is 25.6 Å². The monoisotopic (exact) mass is 208 g/mol. The Balaban J connectivity index is 2.42. The Morgan fingerprint density at radius 3 is 3.20 bits per heavy atom. The number of esters is 1. The molecule has 0 atom stereocenters. The predicted octanol–water partition coefficient (Wildman–Crippen LogP) is 0.493. The molecule has 0 saturated heterocycles. The van der Waals surface area contributed by atoms with E-state index in [0.717, 1.165) is 12.8 Å². The molecule has 0 amide bonds. The van der Waals surface area contributed by atoms with E-state index in [0.29, 0.717) is 6.61 Å². The van der Waals surface area contributed by atoms with Crippen LogP contribution in [-0.4, -0.2) is 27.3 Å². The van der Waals surface area contributed by atoms with Crippen LogP contribution in [0.2, 0.25) is 0 Å². The van der Waals surface area contributed by atoms with E-state index in [1.807, 2.05) is 13.0 Å². The van der Waals surface area contributed by atoms with Crippen molar-refractivity contribution in [3.05, 3.63) is 12.2 Å². The number of unbranched alkanes of at least 4 members (excludes halogenated alkanes) is 1. The summed E-state index contributed by atoms with van der Waals surface area (Å²) >= 11 is 0. The second kappa shape index (κ2) is 5.75. The quantitative estimate of drug-likeness (QED) is 0.519. The number of ether oxygens (including phenoxy) is 1. The molecular formula is C9H12N4O2. The number of rotatable bonds is 5. The molecule has 0 aromatic carbocycles. The molecule has 0 fully saturated rings. The first kappa shape index (κ1) is 11.2. The molecule has 15 heavy (non-hydrogen) atoms. The maximum atomic E-state index is 11.2. The van der Waals surface area contributed by atoms with Gasteiger partial charge in [-0.25, -0.2) is 0 Å². The Labute approximate surface area is 87.5 Å². The fourth-order valence-corrected chi connectivity index (χ4v) is 0.972. The summed E-state index contributed by atoms with van der Waals surface area (Å²) in [5.74, 6) is -0.262. The molecular weight excluding hydrogens is 196 g/mol. The Kier molecular flexibility index (Phi) is 4.29. The van der Waals surface area contributed by atoms with E-state index < -0.39 is 0 Å². The van der Waals surface area contributed by atoms with Crippen molar-refractivity contribution in [1.82, 2.24) is 14.8 Å². The van der Waals surface area contributed by atoms with Crippen molar-refractivity contribution in [2.75, 3.05) is 6.61 Å². The smallest absolute Gasteiger partial charge is 0.326 e. The van der Waals surface area contributed by atoms with Crippen molar-refractivity contribution >= 4 is 5.97 Å². The zero-order chi connectivity index (χ0) is 11.1. The van der Waals surface area contributed by atoms with E-state index in [1.165, 1.54) is 10.9 Å². The molecule has 0 spiro atoms. The van der Waals surface area contributed by atoms with Gasteiger partial charge in [-0.3, -0.25) is 9.36 Å². The van der Waals surface area contributed by atoms with Crippen molar-refractivity contribution in [1.29, 1.82) is 5.26 Å². The molecule has 80 valence electrons. The lowest BCUT2D eigenvalue weighted by Gasteiger charge is -2.03. The minimum absolute atomic E-state index is 0.0143. The zero-order valence-corrected chi connectivity index (χ0v) is 8.51. The highest BCUT2D eigenvalue weighted by atomic mass is 16.5. The molecule has 0 bridgehead atoms. The molecule has 1 heterocycles. The molecule has 0 unspecified atom stereocenters. The lowest BCUT2D eigenvalue weighted by atomic mass is 10.4. The molecule has 0 saturated carbocycles. The van der Waals surface area contributed by atoms with Crippen molar-refractivity contribution in [2.45, 2.75) is 26.3 Å². The maximum Gasteiger partial charge on any atom is 0.326 e. The summed E-state index contributed by atoms with van der Waals surface area (Å²) in [4.78, 5) is 11.2. The molecule has 6 nitrogen and oxygen atoms in total. The fraction of sp³-hybridized carbons (Fsp3) is 0.556. The van der Waals surface area contributed by atoms with Gasteiger partial charge in [-0.05, 0) is 6.42 Å². The summed E-state index contributed by atoms with van der Waals surface area (Å²) in [6.45, 7) is 2.42. The van der Waals surface area contributed by atoms with Gasteiger partial charge in [0.05, 0.1) is 6.61 Å². The number of aromatic nitrogens is 3. The van der Waals surface area contributed by atoms with Gasteiger partial charge in [0.2, 0.25) is 5.82 Å². The molecule has 0 aliphatic carbocycles. The third-order valence-corrected chi connectivity index (χ3v) is 1.78. The van der Waals surface area contributed by atoms with Crippen LogP contribution in [0, 0.1) is 11.3 Å². The van der Waals surface area contributed by atoms with Crippen LogP contribution < -0.4 is 0 Å². The summed E-state index contributed by atoms with van der Waals surface area (Å²) in [5.41, 5.74) is 0. The van der Waals surface area contributed by atoms with Crippen LogP contribution in [0.4, 0.5) is 0 Å². The number of carbonyl (C=O) groups is 1. The van der Waals surface area contributed by atoms with E-state index in [-0.39, 0.29) is 18.3 Å². The Hall–Kier alpha value is -1.90. The zero-order valence-electron chi connectivity index (χ0n) is 8.51. The van der Waals surface area contributed by atoms with Gasteiger partial charge >= 0.3 is 5.97 Å². The first-order chi connectivity index (χ1) is 7.27. The average Bonchev–Trinajstić information content (AvgIpc) is 2.65. The third-order valence-electron chi connectivity index (χ3n) is 1.78. The second-order valence-corrected chi connectivity index (χ2v) is 2.97. The van der Waals surface area contributed by atoms with Crippen LogP contribution in [0.15, 0.2) is 6.33 Å². The predicted molar refractivity (Wildman–Crippen MR) is 50.6 cm³/mol. The summed E-state index contributed by atoms with van der Waals surface area (Å²) in [5, 5.41) is 15.7. The van der Waals surface area contributed by atoms with E-state index in [1.54, 1.807) is 0 Å². The molecule has 1 rings (SSSR count). The summed E-state index contributed by atoms with van der Waals surface area (Å²) in [6.07, 6.45) is 3.15. The van der Waals surface area contributed by atoms with E-state index >= 15 is 0 Å². The van der Waals surface area contributed by atoms with Gasteiger partial charge in [0.15, 0.2) is 0 Å². The fourth-order valence-electron chi connectivity index (χ4n) is 0.972. The van der Waals surface area contributed by atoms with Crippen molar-refractivity contribution in [3.8, 4) is 6.07 Å².